The lowest BCUT2D eigenvalue weighted by atomic mass is 10.0. The molecule has 12 heavy (non-hydrogen) atoms. The van der Waals surface area contributed by atoms with Crippen LogP contribution in [0, 0.1) is 0 Å². The van der Waals surface area contributed by atoms with E-state index in [2.05, 4.69) is 31.9 Å². The average Bonchev–Trinajstić information content (AvgIpc) is 2.37. The Labute approximate surface area is 74.3 Å². The normalized spacial score (nSPS) is 15.5. The van der Waals surface area contributed by atoms with Crippen molar-refractivity contribution in [3.8, 4) is 0 Å². The summed E-state index contributed by atoms with van der Waals surface area (Å²) < 4.78 is 0. The van der Waals surface area contributed by atoms with Crippen molar-refractivity contribution in [2.24, 2.45) is 0 Å². The van der Waals surface area contributed by atoms with E-state index in [9.17, 15) is 0 Å². The van der Waals surface area contributed by atoms with E-state index in [4.69, 9.17) is 0 Å². The number of hydrogen-bond acceptors (Lipinski definition) is 0. The first-order valence-electron chi connectivity index (χ1n) is 4.10. The topological polar surface area (TPSA) is 0 Å². The Hall–Kier alpha value is -1.30. The van der Waals surface area contributed by atoms with Crippen LogP contribution in [0.15, 0.2) is 60.8 Å². The Kier molecular flexibility index (Phi) is 2.87. The Bertz CT molecular complexity index is 262. The Morgan fingerprint density at radius 3 is 2.33 bits per heavy atom. The van der Waals surface area contributed by atoms with Crippen LogP contribution in [-0.2, 0) is 0 Å². The zero-order valence-electron chi connectivity index (χ0n) is 7.34. The van der Waals surface area contributed by atoms with Crippen LogP contribution in [0.5, 0.6) is 0 Å². The number of hydrogen-bond donors (Lipinski definition) is 0. The van der Waals surface area contributed by atoms with E-state index < -0.39 is 0 Å². The van der Waals surface area contributed by atoms with Crippen LogP contribution in [0.4, 0.5) is 0 Å². The SMILES string of the molecule is C=CCC1=C(CC=C)C(=C)C=C1. The minimum Gasteiger partial charge on any atom is -0.103 e. The lowest BCUT2D eigenvalue weighted by Crippen LogP contribution is -1.84. The van der Waals surface area contributed by atoms with Gasteiger partial charge >= 0.3 is 0 Å². The third-order valence-electron chi connectivity index (χ3n) is 1.97. The van der Waals surface area contributed by atoms with Crippen LogP contribution in [0.3, 0.4) is 0 Å². The van der Waals surface area contributed by atoms with Crippen molar-refractivity contribution in [3.63, 3.8) is 0 Å². The molecule has 0 heterocycles. The average molecular weight is 158 g/mol. The minimum absolute atomic E-state index is 0.912. The van der Waals surface area contributed by atoms with Gasteiger partial charge in [-0.1, -0.05) is 30.9 Å². The largest absolute Gasteiger partial charge is 0.103 e. The van der Waals surface area contributed by atoms with E-state index >= 15 is 0 Å². The second kappa shape index (κ2) is 3.91. The molecule has 0 fully saturated rings. The summed E-state index contributed by atoms with van der Waals surface area (Å²) in [6, 6.07) is 0. The fourth-order valence-electron chi connectivity index (χ4n) is 1.36. The molecule has 0 amide bonds. The zero-order valence-corrected chi connectivity index (χ0v) is 7.34. The molecule has 1 aliphatic carbocycles. The maximum atomic E-state index is 3.96. The molecule has 0 saturated heterocycles. The molecular weight excluding hydrogens is 144 g/mol. The molecule has 0 saturated carbocycles. The highest BCUT2D eigenvalue weighted by atomic mass is 14.1. The van der Waals surface area contributed by atoms with E-state index in [1.54, 1.807) is 0 Å². The quantitative estimate of drug-likeness (QED) is 0.549. The van der Waals surface area contributed by atoms with Crippen LogP contribution in [0.2, 0.25) is 0 Å². The van der Waals surface area contributed by atoms with Gasteiger partial charge in [0.25, 0.3) is 0 Å². The summed E-state index contributed by atoms with van der Waals surface area (Å²) in [5.41, 5.74) is 3.76. The summed E-state index contributed by atoms with van der Waals surface area (Å²) in [7, 11) is 0. The third-order valence-corrected chi connectivity index (χ3v) is 1.97. The highest BCUT2D eigenvalue weighted by Gasteiger charge is 2.09. The van der Waals surface area contributed by atoms with Gasteiger partial charge in [-0.2, -0.15) is 0 Å². The fourth-order valence-corrected chi connectivity index (χ4v) is 1.36. The van der Waals surface area contributed by atoms with Gasteiger partial charge in [0.1, 0.15) is 0 Å². The predicted molar refractivity (Wildman–Crippen MR) is 54.9 cm³/mol. The molecule has 0 unspecified atom stereocenters. The number of allylic oxidation sites excluding steroid dienone is 7. The highest BCUT2D eigenvalue weighted by Crippen LogP contribution is 2.28. The van der Waals surface area contributed by atoms with E-state index in [-0.39, 0.29) is 0 Å². The van der Waals surface area contributed by atoms with Gasteiger partial charge in [-0.05, 0) is 29.6 Å². The van der Waals surface area contributed by atoms with Gasteiger partial charge in [-0.25, -0.2) is 0 Å². The third kappa shape index (κ3) is 1.65. The van der Waals surface area contributed by atoms with Crippen LogP contribution in [0.1, 0.15) is 12.8 Å². The summed E-state index contributed by atoms with van der Waals surface area (Å²) in [6.07, 6.45) is 9.84. The molecule has 0 radical (unpaired) electrons. The zero-order chi connectivity index (χ0) is 8.97. The van der Waals surface area contributed by atoms with Crippen LogP contribution in [-0.4, -0.2) is 0 Å². The van der Waals surface area contributed by atoms with E-state index in [0.29, 0.717) is 0 Å². The van der Waals surface area contributed by atoms with Crippen LogP contribution in [0.25, 0.3) is 0 Å². The van der Waals surface area contributed by atoms with Gasteiger partial charge in [-0.15, -0.1) is 13.2 Å². The van der Waals surface area contributed by atoms with Crippen molar-refractivity contribution < 1.29 is 0 Å². The van der Waals surface area contributed by atoms with Crippen molar-refractivity contribution in [3.05, 3.63) is 60.8 Å². The van der Waals surface area contributed by atoms with Gasteiger partial charge in [0.05, 0.1) is 0 Å². The first-order valence-corrected chi connectivity index (χ1v) is 4.10. The van der Waals surface area contributed by atoms with Crippen molar-refractivity contribution in [1.82, 2.24) is 0 Å². The molecule has 1 rings (SSSR count). The lowest BCUT2D eigenvalue weighted by molar-refractivity contribution is 1.18. The van der Waals surface area contributed by atoms with Gasteiger partial charge in [0.15, 0.2) is 0 Å². The molecule has 0 atom stereocenters. The van der Waals surface area contributed by atoms with E-state index in [1.807, 2.05) is 12.2 Å². The van der Waals surface area contributed by atoms with E-state index in [0.717, 1.165) is 18.4 Å². The summed E-state index contributed by atoms with van der Waals surface area (Å²) in [6.45, 7) is 11.4. The van der Waals surface area contributed by atoms with Crippen molar-refractivity contribution in [2.75, 3.05) is 0 Å². The molecule has 0 bridgehead atoms. The second-order valence-electron chi connectivity index (χ2n) is 2.85. The Morgan fingerprint density at radius 1 is 1.08 bits per heavy atom. The standard InChI is InChI=1S/C12H14/c1-4-6-11-9-8-10(3)12(11)7-5-2/h4-5,8-9H,1-3,6-7H2. The van der Waals surface area contributed by atoms with Gasteiger partial charge in [0.2, 0.25) is 0 Å². The molecule has 1 aliphatic rings. The van der Waals surface area contributed by atoms with Gasteiger partial charge < -0.3 is 0 Å². The smallest absolute Gasteiger partial charge is 0.00916 e. The molecule has 0 nitrogen and oxygen atoms in total. The Morgan fingerprint density at radius 2 is 1.75 bits per heavy atom. The molecule has 0 N–H and O–H groups in total. The molecule has 0 heteroatoms. The van der Waals surface area contributed by atoms with E-state index in [1.165, 1.54) is 11.1 Å². The number of rotatable bonds is 4. The summed E-state index contributed by atoms with van der Waals surface area (Å²) >= 11 is 0. The molecule has 0 aliphatic heterocycles. The molecule has 0 spiro atoms. The van der Waals surface area contributed by atoms with Gasteiger partial charge in [0, 0.05) is 0 Å². The monoisotopic (exact) mass is 158 g/mol. The second-order valence-corrected chi connectivity index (χ2v) is 2.85. The van der Waals surface area contributed by atoms with Crippen molar-refractivity contribution >= 4 is 0 Å². The van der Waals surface area contributed by atoms with Crippen molar-refractivity contribution in [2.45, 2.75) is 12.8 Å². The van der Waals surface area contributed by atoms with Crippen LogP contribution < -0.4 is 0 Å². The fraction of sp³-hybridized carbons (Fsp3) is 0.167. The minimum atomic E-state index is 0.912. The highest BCUT2D eigenvalue weighted by molar-refractivity contribution is 5.53. The lowest BCUT2D eigenvalue weighted by Gasteiger charge is -2.02. The predicted octanol–water partition coefficient (Wildman–Crippen LogP) is 3.56. The first kappa shape index (κ1) is 8.79. The molecule has 0 aromatic rings. The molecule has 0 aromatic heterocycles. The van der Waals surface area contributed by atoms with Crippen molar-refractivity contribution in [1.29, 1.82) is 0 Å². The summed E-state index contributed by atoms with van der Waals surface area (Å²) in [5.74, 6) is 0. The first-order chi connectivity index (χ1) is 5.79. The molecule has 0 aromatic carbocycles. The summed E-state index contributed by atoms with van der Waals surface area (Å²) in [4.78, 5) is 0. The molecule has 62 valence electrons. The Balaban J connectivity index is 2.86. The molecular formula is C12H14. The van der Waals surface area contributed by atoms with Gasteiger partial charge in [-0.3, -0.25) is 0 Å². The summed E-state index contributed by atoms with van der Waals surface area (Å²) in [5, 5.41) is 0. The van der Waals surface area contributed by atoms with Crippen LogP contribution >= 0.6 is 0 Å². The maximum absolute atomic E-state index is 3.96. The maximum Gasteiger partial charge on any atom is -0.00916 e.